The number of hydrogen-bond donors (Lipinski definition) is 1. The summed E-state index contributed by atoms with van der Waals surface area (Å²) < 4.78 is 23.5. The summed E-state index contributed by atoms with van der Waals surface area (Å²) in [6.45, 7) is 0.767. The van der Waals surface area contributed by atoms with Crippen LogP contribution in [0.3, 0.4) is 0 Å². The van der Waals surface area contributed by atoms with Crippen molar-refractivity contribution >= 4 is 21.8 Å². The molecule has 0 aliphatic heterocycles. The molecule has 0 saturated heterocycles. The van der Waals surface area contributed by atoms with Gasteiger partial charge in [-0.2, -0.15) is 11.8 Å². The van der Waals surface area contributed by atoms with Gasteiger partial charge in [-0.15, -0.1) is 0 Å². The SMILES string of the molecule is CSCCCn1cnc(S(N)(=O)=O)c1. The normalized spacial score (nSPS) is 11.9. The molecule has 0 unspecified atom stereocenters. The van der Waals surface area contributed by atoms with Crippen LogP contribution in [0.25, 0.3) is 0 Å². The molecular formula is C7H13N3O2S2. The van der Waals surface area contributed by atoms with Gasteiger partial charge in [-0.3, -0.25) is 0 Å². The summed E-state index contributed by atoms with van der Waals surface area (Å²) in [6, 6.07) is 0. The van der Waals surface area contributed by atoms with Crippen molar-refractivity contribution in [2.75, 3.05) is 12.0 Å². The van der Waals surface area contributed by atoms with Crippen LogP contribution in [0.4, 0.5) is 0 Å². The number of primary sulfonamides is 1. The van der Waals surface area contributed by atoms with Gasteiger partial charge in [0.2, 0.25) is 0 Å². The Kier molecular flexibility index (Phi) is 3.97. The smallest absolute Gasteiger partial charge is 0.257 e. The summed E-state index contributed by atoms with van der Waals surface area (Å²) in [6.07, 6.45) is 5.96. The Labute approximate surface area is 87.8 Å². The Balaban J connectivity index is 2.60. The molecule has 0 amide bonds. The zero-order valence-corrected chi connectivity index (χ0v) is 9.51. The van der Waals surface area contributed by atoms with Gasteiger partial charge in [0.1, 0.15) is 0 Å². The minimum absolute atomic E-state index is 0.0679. The van der Waals surface area contributed by atoms with E-state index >= 15 is 0 Å². The van der Waals surface area contributed by atoms with Crippen molar-refractivity contribution in [3.63, 3.8) is 0 Å². The number of imidazole rings is 1. The Bertz CT molecular complexity index is 385. The fraction of sp³-hybridized carbons (Fsp3) is 0.571. The van der Waals surface area contributed by atoms with Crippen LogP contribution >= 0.6 is 11.8 Å². The molecule has 0 aromatic carbocycles. The maximum atomic E-state index is 10.9. The van der Waals surface area contributed by atoms with Crippen molar-refractivity contribution in [1.82, 2.24) is 9.55 Å². The van der Waals surface area contributed by atoms with Gasteiger partial charge >= 0.3 is 0 Å². The van der Waals surface area contributed by atoms with E-state index in [2.05, 4.69) is 4.98 Å². The second-order valence-electron chi connectivity index (χ2n) is 2.84. The van der Waals surface area contributed by atoms with Gasteiger partial charge in [0.15, 0.2) is 5.03 Å². The fourth-order valence-corrected chi connectivity index (χ4v) is 1.89. The first-order valence-electron chi connectivity index (χ1n) is 4.07. The molecule has 2 N–H and O–H groups in total. The third kappa shape index (κ3) is 3.32. The predicted octanol–water partition coefficient (Wildman–Crippen LogP) is 0.284. The molecule has 5 nitrogen and oxygen atoms in total. The van der Waals surface area contributed by atoms with Crippen LogP contribution in [0.1, 0.15) is 6.42 Å². The van der Waals surface area contributed by atoms with E-state index in [1.807, 2.05) is 6.26 Å². The highest BCUT2D eigenvalue weighted by Gasteiger charge is 2.10. The van der Waals surface area contributed by atoms with Crippen molar-refractivity contribution in [1.29, 1.82) is 0 Å². The van der Waals surface area contributed by atoms with Gasteiger partial charge in [0.25, 0.3) is 10.0 Å². The highest BCUT2D eigenvalue weighted by atomic mass is 32.2. The second-order valence-corrected chi connectivity index (χ2v) is 5.33. The van der Waals surface area contributed by atoms with Gasteiger partial charge < -0.3 is 4.57 Å². The lowest BCUT2D eigenvalue weighted by atomic mass is 10.5. The van der Waals surface area contributed by atoms with Crippen molar-refractivity contribution in [3.05, 3.63) is 12.5 Å². The van der Waals surface area contributed by atoms with E-state index in [9.17, 15) is 8.42 Å². The Morgan fingerprint density at radius 3 is 2.86 bits per heavy atom. The first-order valence-corrected chi connectivity index (χ1v) is 7.01. The average molecular weight is 235 g/mol. The minimum atomic E-state index is -3.65. The first-order chi connectivity index (χ1) is 6.54. The zero-order valence-electron chi connectivity index (χ0n) is 7.88. The standard InChI is InChI=1S/C7H13N3O2S2/c1-13-4-2-3-10-5-7(9-6-10)14(8,11)12/h5-6H,2-4H2,1H3,(H2,8,11,12). The molecule has 0 atom stereocenters. The molecule has 80 valence electrons. The topological polar surface area (TPSA) is 78.0 Å². The number of aryl methyl sites for hydroxylation is 1. The van der Waals surface area contributed by atoms with E-state index in [4.69, 9.17) is 5.14 Å². The minimum Gasteiger partial charge on any atom is -0.336 e. The van der Waals surface area contributed by atoms with E-state index in [-0.39, 0.29) is 5.03 Å². The molecule has 0 saturated carbocycles. The van der Waals surface area contributed by atoms with Crippen LogP contribution in [0.2, 0.25) is 0 Å². The highest BCUT2D eigenvalue weighted by molar-refractivity contribution is 7.98. The maximum absolute atomic E-state index is 10.9. The lowest BCUT2D eigenvalue weighted by Gasteiger charge is -1.98. The van der Waals surface area contributed by atoms with E-state index < -0.39 is 10.0 Å². The van der Waals surface area contributed by atoms with Crippen LogP contribution in [0, 0.1) is 0 Å². The fourth-order valence-electron chi connectivity index (χ4n) is 1.00. The number of hydrogen-bond acceptors (Lipinski definition) is 4. The quantitative estimate of drug-likeness (QED) is 0.744. The third-order valence-electron chi connectivity index (χ3n) is 1.67. The Hall–Kier alpha value is -0.530. The predicted molar refractivity (Wildman–Crippen MR) is 56.6 cm³/mol. The summed E-state index contributed by atoms with van der Waals surface area (Å²) in [5.41, 5.74) is 0. The number of rotatable bonds is 5. The third-order valence-corrected chi connectivity index (χ3v) is 3.16. The van der Waals surface area contributed by atoms with Crippen LogP contribution < -0.4 is 5.14 Å². The molecule has 0 aliphatic carbocycles. The molecular weight excluding hydrogens is 222 g/mol. The second kappa shape index (κ2) is 4.81. The van der Waals surface area contributed by atoms with Crippen molar-refractivity contribution in [2.24, 2.45) is 5.14 Å². The Morgan fingerprint density at radius 1 is 1.64 bits per heavy atom. The largest absolute Gasteiger partial charge is 0.336 e. The van der Waals surface area contributed by atoms with E-state index in [0.717, 1.165) is 18.7 Å². The molecule has 14 heavy (non-hydrogen) atoms. The van der Waals surface area contributed by atoms with Crippen molar-refractivity contribution in [2.45, 2.75) is 18.0 Å². The van der Waals surface area contributed by atoms with Gasteiger partial charge in [-0.1, -0.05) is 0 Å². The monoisotopic (exact) mass is 235 g/mol. The molecule has 1 rings (SSSR count). The number of sulfonamides is 1. The zero-order chi connectivity index (χ0) is 10.6. The van der Waals surface area contributed by atoms with Crippen LogP contribution in [0.5, 0.6) is 0 Å². The number of nitrogens with two attached hydrogens (primary N) is 1. The van der Waals surface area contributed by atoms with Crippen LogP contribution in [-0.4, -0.2) is 30.0 Å². The molecule has 7 heteroatoms. The molecule has 1 aromatic heterocycles. The van der Waals surface area contributed by atoms with Gasteiger partial charge in [-0.05, 0) is 18.4 Å². The molecule has 1 aromatic rings. The van der Waals surface area contributed by atoms with E-state index in [0.29, 0.717) is 0 Å². The Morgan fingerprint density at radius 2 is 2.36 bits per heavy atom. The average Bonchev–Trinajstić information content (AvgIpc) is 2.52. The highest BCUT2D eigenvalue weighted by Crippen LogP contribution is 2.04. The van der Waals surface area contributed by atoms with E-state index in [1.54, 1.807) is 16.3 Å². The molecule has 0 fully saturated rings. The lowest BCUT2D eigenvalue weighted by molar-refractivity contribution is 0.594. The molecule has 0 aliphatic rings. The molecule has 0 bridgehead atoms. The summed E-state index contributed by atoms with van der Waals surface area (Å²) in [5.74, 6) is 1.04. The molecule has 0 spiro atoms. The van der Waals surface area contributed by atoms with Crippen molar-refractivity contribution in [3.8, 4) is 0 Å². The lowest BCUT2D eigenvalue weighted by Crippen LogP contribution is -2.12. The van der Waals surface area contributed by atoms with Crippen molar-refractivity contribution < 1.29 is 8.42 Å². The summed E-state index contributed by atoms with van der Waals surface area (Å²) in [7, 11) is -3.65. The van der Waals surface area contributed by atoms with Gasteiger partial charge in [0, 0.05) is 12.7 Å². The number of aromatic nitrogens is 2. The molecule has 0 radical (unpaired) electrons. The number of nitrogens with zero attached hydrogens (tertiary/aromatic N) is 2. The van der Waals surface area contributed by atoms with Gasteiger partial charge in [-0.25, -0.2) is 18.5 Å². The maximum Gasteiger partial charge on any atom is 0.257 e. The van der Waals surface area contributed by atoms with Gasteiger partial charge in [0.05, 0.1) is 6.33 Å². The van der Waals surface area contributed by atoms with Crippen LogP contribution in [0.15, 0.2) is 17.6 Å². The van der Waals surface area contributed by atoms with E-state index in [1.165, 1.54) is 12.5 Å². The van der Waals surface area contributed by atoms with Crippen LogP contribution in [-0.2, 0) is 16.6 Å². The first kappa shape index (κ1) is 11.5. The number of thioether (sulfide) groups is 1. The molecule has 1 heterocycles. The summed E-state index contributed by atoms with van der Waals surface area (Å²) in [4.78, 5) is 3.71. The summed E-state index contributed by atoms with van der Waals surface area (Å²) >= 11 is 1.76. The summed E-state index contributed by atoms with van der Waals surface area (Å²) in [5, 5.41) is 4.85.